The van der Waals surface area contributed by atoms with Crippen LogP contribution in [0.3, 0.4) is 0 Å². The zero-order valence-electron chi connectivity index (χ0n) is 9.72. The summed E-state index contributed by atoms with van der Waals surface area (Å²) in [7, 11) is 0. The van der Waals surface area contributed by atoms with Crippen LogP contribution in [0.1, 0.15) is 17.5 Å². The third-order valence-electron chi connectivity index (χ3n) is 2.35. The maximum Gasteiger partial charge on any atom is 0.220 e. The van der Waals surface area contributed by atoms with Gasteiger partial charge >= 0.3 is 0 Å². The lowest BCUT2D eigenvalue weighted by atomic mass is 10.1. The lowest BCUT2D eigenvalue weighted by Crippen LogP contribution is -2.24. The molecule has 1 rings (SSSR count). The van der Waals surface area contributed by atoms with Gasteiger partial charge in [-0.15, -0.1) is 0 Å². The summed E-state index contributed by atoms with van der Waals surface area (Å²) in [5, 5.41) is 3.51. The monoisotopic (exact) mass is 315 g/mol. The molecule has 0 heterocycles. The van der Waals surface area contributed by atoms with E-state index in [1.54, 1.807) is 0 Å². The first-order chi connectivity index (χ1) is 7.99. The molecule has 2 nitrogen and oxygen atoms in total. The fourth-order valence-corrected chi connectivity index (χ4v) is 1.68. The van der Waals surface area contributed by atoms with Gasteiger partial charge in [0.2, 0.25) is 5.91 Å². The van der Waals surface area contributed by atoms with Gasteiger partial charge in [0.25, 0.3) is 0 Å². The van der Waals surface area contributed by atoms with Gasteiger partial charge in [-0.3, -0.25) is 4.79 Å². The topological polar surface area (TPSA) is 29.1 Å². The largest absolute Gasteiger partial charge is 0.352 e. The van der Waals surface area contributed by atoms with E-state index in [4.69, 9.17) is 11.6 Å². The average molecular weight is 317 g/mol. The van der Waals surface area contributed by atoms with Crippen LogP contribution < -0.4 is 5.32 Å². The van der Waals surface area contributed by atoms with Crippen LogP contribution >= 0.6 is 27.5 Å². The molecule has 0 atom stereocenters. The van der Waals surface area contributed by atoms with Gasteiger partial charge in [0.1, 0.15) is 0 Å². The first-order valence-electron chi connectivity index (χ1n) is 5.34. The minimum absolute atomic E-state index is 0.0160. The molecule has 1 aromatic carbocycles. The summed E-state index contributed by atoms with van der Waals surface area (Å²) in [5.41, 5.74) is 2.13. The van der Waals surface area contributed by atoms with Crippen LogP contribution in [0, 0.1) is 6.92 Å². The lowest BCUT2D eigenvalue weighted by Gasteiger charge is -2.05. The first kappa shape index (κ1) is 14.3. The second-order valence-corrected chi connectivity index (χ2v) is 5.41. The van der Waals surface area contributed by atoms with Crippen molar-refractivity contribution < 1.29 is 4.79 Å². The van der Waals surface area contributed by atoms with Crippen molar-refractivity contribution in [2.45, 2.75) is 19.8 Å². The van der Waals surface area contributed by atoms with E-state index in [2.05, 4.69) is 27.8 Å². The SMILES string of the molecule is C=C(Br)CNC(=O)CCc1ccc(C)c(Cl)c1. The van der Waals surface area contributed by atoms with Gasteiger partial charge in [0.05, 0.1) is 0 Å². The van der Waals surface area contributed by atoms with Crippen molar-refractivity contribution in [2.24, 2.45) is 0 Å². The highest BCUT2D eigenvalue weighted by molar-refractivity contribution is 9.11. The maximum absolute atomic E-state index is 11.5. The first-order valence-corrected chi connectivity index (χ1v) is 6.51. The van der Waals surface area contributed by atoms with Gasteiger partial charge in [-0.1, -0.05) is 46.2 Å². The molecule has 0 spiro atoms. The molecule has 17 heavy (non-hydrogen) atoms. The summed E-state index contributed by atoms with van der Waals surface area (Å²) < 4.78 is 0.768. The second kappa shape index (κ2) is 6.82. The molecule has 0 aromatic heterocycles. The Hall–Kier alpha value is -0.800. The van der Waals surface area contributed by atoms with Gasteiger partial charge in [0, 0.05) is 22.5 Å². The van der Waals surface area contributed by atoms with E-state index >= 15 is 0 Å². The van der Waals surface area contributed by atoms with E-state index in [1.807, 2.05) is 25.1 Å². The van der Waals surface area contributed by atoms with Gasteiger partial charge in [-0.2, -0.15) is 0 Å². The van der Waals surface area contributed by atoms with Crippen LogP contribution in [0.15, 0.2) is 29.3 Å². The molecule has 0 radical (unpaired) electrons. The number of carbonyl (C=O) groups excluding carboxylic acids is 1. The van der Waals surface area contributed by atoms with Crippen LogP contribution in [0.2, 0.25) is 5.02 Å². The van der Waals surface area contributed by atoms with Gasteiger partial charge < -0.3 is 5.32 Å². The van der Waals surface area contributed by atoms with E-state index < -0.39 is 0 Å². The Morgan fingerprint density at radius 2 is 2.24 bits per heavy atom. The smallest absolute Gasteiger partial charge is 0.220 e. The number of amides is 1. The van der Waals surface area contributed by atoms with Crippen molar-refractivity contribution in [1.82, 2.24) is 5.32 Å². The van der Waals surface area contributed by atoms with Gasteiger partial charge in [-0.25, -0.2) is 0 Å². The number of rotatable bonds is 5. The van der Waals surface area contributed by atoms with Crippen LogP contribution in [0.4, 0.5) is 0 Å². The molecule has 0 fully saturated rings. The van der Waals surface area contributed by atoms with Crippen LogP contribution in [-0.2, 0) is 11.2 Å². The number of aryl methyl sites for hydroxylation is 2. The summed E-state index contributed by atoms with van der Waals surface area (Å²) in [6, 6.07) is 5.88. The van der Waals surface area contributed by atoms with E-state index in [9.17, 15) is 4.79 Å². The Labute approximate surface area is 115 Å². The molecule has 1 aromatic rings. The summed E-state index contributed by atoms with van der Waals surface area (Å²) in [5.74, 6) is 0.0160. The summed E-state index contributed by atoms with van der Waals surface area (Å²) in [6.07, 6.45) is 1.15. The van der Waals surface area contributed by atoms with E-state index in [1.165, 1.54) is 0 Å². The molecule has 0 bridgehead atoms. The molecule has 0 aliphatic heterocycles. The molecule has 4 heteroatoms. The van der Waals surface area contributed by atoms with E-state index in [-0.39, 0.29) is 5.91 Å². The summed E-state index contributed by atoms with van der Waals surface area (Å²) in [6.45, 7) is 6.08. The molecule has 0 aliphatic rings. The quantitative estimate of drug-likeness (QED) is 0.883. The Morgan fingerprint density at radius 1 is 1.53 bits per heavy atom. The van der Waals surface area contributed by atoms with Crippen molar-refractivity contribution in [3.05, 3.63) is 45.4 Å². The molecule has 0 unspecified atom stereocenters. The molecule has 92 valence electrons. The molecule has 1 amide bonds. The standard InChI is InChI=1S/C13H15BrClNO/c1-9-3-4-11(7-12(9)15)5-6-13(17)16-8-10(2)14/h3-4,7H,2,5-6,8H2,1H3,(H,16,17). The minimum Gasteiger partial charge on any atom is -0.352 e. The fourth-order valence-electron chi connectivity index (χ4n) is 1.33. The highest BCUT2D eigenvalue weighted by atomic mass is 79.9. The molecule has 0 saturated heterocycles. The highest BCUT2D eigenvalue weighted by Gasteiger charge is 2.03. The van der Waals surface area contributed by atoms with Crippen LogP contribution in [0.25, 0.3) is 0 Å². The molecule has 0 aliphatic carbocycles. The van der Waals surface area contributed by atoms with Crippen molar-refractivity contribution in [3.8, 4) is 0 Å². The highest BCUT2D eigenvalue weighted by Crippen LogP contribution is 2.17. The van der Waals surface area contributed by atoms with Gasteiger partial charge in [-0.05, 0) is 30.5 Å². The number of halogens is 2. The summed E-state index contributed by atoms with van der Waals surface area (Å²) >= 11 is 9.20. The fraction of sp³-hybridized carbons (Fsp3) is 0.308. The molecular formula is C13H15BrClNO. The second-order valence-electron chi connectivity index (χ2n) is 3.88. The molecular weight excluding hydrogens is 302 g/mol. The third kappa shape index (κ3) is 5.37. The normalized spacial score (nSPS) is 10.1. The lowest BCUT2D eigenvalue weighted by molar-refractivity contribution is -0.120. The Kier molecular flexibility index (Phi) is 5.72. The molecule has 0 saturated carbocycles. The summed E-state index contributed by atoms with van der Waals surface area (Å²) in [4.78, 5) is 11.5. The number of hydrogen-bond donors (Lipinski definition) is 1. The van der Waals surface area contributed by atoms with E-state index in [0.717, 1.165) is 20.6 Å². The van der Waals surface area contributed by atoms with Crippen LogP contribution in [0.5, 0.6) is 0 Å². The maximum atomic E-state index is 11.5. The van der Waals surface area contributed by atoms with Crippen molar-refractivity contribution in [1.29, 1.82) is 0 Å². The predicted octanol–water partition coefficient (Wildman–Crippen LogP) is 3.61. The van der Waals surface area contributed by atoms with Crippen LogP contribution in [-0.4, -0.2) is 12.5 Å². The number of carbonyl (C=O) groups is 1. The Balaban J connectivity index is 2.42. The minimum atomic E-state index is 0.0160. The third-order valence-corrected chi connectivity index (χ3v) is 3.04. The average Bonchev–Trinajstić information content (AvgIpc) is 2.28. The number of nitrogens with one attached hydrogen (secondary N) is 1. The van der Waals surface area contributed by atoms with Crippen molar-refractivity contribution >= 4 is 33.4 Å². The van der Waals surface area contributed by atoms with Crippen molar-refractivity contribution in [3.63, 3.8) is 0 Å². The number of hydrogen-bond acceptors (Lipinski definition) is 1. The van der Waals surface area contributed by atoms with Gasteiger partial charge in [0.15, 0.2) is 0 Å². The Bertz CT molecular complexity index is 431. The zero-order chi connectivity index (χ0) is 12.8. The van der Waals surface area contributed by atoms with E-state index in [0.29, 0.717) is 19.4 Å². The predicted molar refractivity (Wildman–Crippen MR) is 75.6 cm³/mol. The molecule has 1 N–H and O–H groups in total. The number of benzene rings is 1. The zero-order valence-corrected chi connectivity index (χ0v) is 12.1. The van der Waals surface area contributed by atoms with Crippen molar-refractivity contribution in [2.75, 3.05) is 6.54 Å². The Morgan fingerprint density at radius 3 is 2.82 bits per heavy atom.